The van der Waals surface area contributed by atoms with Gasteiger partial charge in [-0.05, 0) is 19.8 Å². The van der Waals surface area contributed by atoms with Crippen molar-refractivity contribution >= 4 is 5.95 Å². The molecule has 5 nitrogen and oxygen atoms in total. The van der Waals surface area contributed by atoms with Crippen LogP contribution in [0.1, 0.15) is 25.6 Å². The Balaban J connectivity index is 2.64. The summed E-state index contributed by atoms with van der Waals surface area (Å²) < 4.78 is 12.4. The quantitative estimate of drug-likeness (QED) is 0.772. The third-order valence-corrected chi connectivity index (χ3v) is 2.80. The van der Waals surface area contributed by atoms with Crippen LogP contribution in [0.3, 0.4) is 0 Å². The molecule has 1 N–H and O–H groups in total. The van der Waals surface area contributed by atoms with E-state index >= 15 is 0 Å². The fraction of sp³-hybridized carbons (Fsp3) is 0.769. The standard InChI is InChI=1S/C13H25N3O2/c1-10(8-17-4)6-14-13-15-11(2)7-16(13)12(3)9-18-5/h7,10,12H,6,8-9H2,1-5H3,(H,14,15). The predicted octanol–water partition coefficient (Wildman–Crippen LogP) is 2.09. The maximum absolute atomic E-state index is 5.19. The number of methoxy groups -OCH3 is 2. The Hall–Kier alpha value is -1.07. The number of aromatic nitrogens is 2. The number of hydrogen-bond donors (Lipinski definition) is 1. The number of anilines is 1. The van der Waals surface area contributed by atoms with Crippen LogP contribution in [-0.4, -0.2) is 43.5 Å². The second-order valence-corrected chi connectivity index (χ2v) is 4.86. The maximum Gasteiger partial charge on any atom is 0.203 e. The molecule has 0 aliphatic heterocycles. The van der Waals surface area contributed by atoms with Gasteiger partial charge in [-0.1, -0.05) is 6.92 Å². The van der Waals surface area contributed by atoms with Gasteiger partial charge in [-0.3, -0.25) is 0 Å². The van der Waals surface area contributed by atoms with E-state index in [0.717, 1.165) is 24.8 Å². The van der Waals surface area contributed by atoms with E-state index in [1.165, 1.54) is 0 Å². The normalized spacial score (nSPS) is 14.5. The van der Waals surface area contributed by atoms with Crippen molar-refractivity contribution in [2.45, 2.75) is 26.8 Å². The first-order valence-electron chi connectivity index (χ1n) is 6.35. The van der Waals surface area contributed by atoms with E-state index in [1.807, 2.05) is 13.1 Å². The van der Waals surface area contributed by atoms with Crippen LogP contribution < -0.4 is 5.32 Å². The molecule has 2 unspecified atom stereocenters. The number of imidazole rings is 1. The molecule has 1 aromatic rings. The van der Waals surface area contributed by atoms with Gasteiger partial charge in [0.1, 0.15) is 0 Å². The molecular formula is C13H25N3O2. The van der Waals surface area contributed by atoms with Gasteiger partial charge in [0.05, 0.1) is 24.9 Å². The van der Waals surface area contributed by atoms with E-state index in [2.05, 4.69) is 28.7 Å². The summed E-state index contributed by atoms with van der Waals surface area (Å²) in [6.07, 6.45) is 2.05. The van der Waals surface area contributed by atoms with Crippen molar-refractivity contribution in [3.05, 3.63) is 11.9 Å². The highest BCUT2D eigenvalue weighted by Crippen LogP contribution is 2.16. The fourth-order valence-corrected chi connectivity index (χ4v) is 1.91. The largest absolute Gasteiger partial charge is 0.384 e. The summed E-state index contributed by atoms with van der Waals surface area (Å²) in [6, 6.07) is 0.274. The molecule has 0 saturated heterocycles. The van der Waals surface area contributed by atoms with E-state index in [4.69, 9.17) is 9.47 Å². The number of ether oxygens (including phenoxy) is 2. The number of nitrogens with one attached hydrogen (secondary N) is 1. The molecule has 1 aromatic heterocycles. The summed E-state index contributed by atoms with van der Waals surface area (Å²) in [6.45, 7) is 8.55. The molecule has 0 aromatic carbocycles. The summed E-state index contributed by atoms with van der Waals surface area (Å²) in [5.74, 6) is 1.36. The van der Waals surface area contributed by atoms with E-state index in [0.29, 0.717) is 12.5 Å². The summed E-state index contributed by atoms with van der Waals surface area (Å²) in [7, 11) is 3.44. The minimum absolute atomic E-state index is 0.274. The molecule has 0 aliphatic rings. The Morgan fingerprint density at radius 2 is 1.94 bits per heavy atom. The highest BCUT2D eigenvalue weighted by Gasteiger charge is 2.12. The molecule has 1 rings (SSSR count). The van der Waals surface area contributed by atoms with Crippen LogP contribution in [0.4, 0.5) is 5.95 Å². The van der Waals surface area contributed by atoms with Crippen molar-refractivity contribution in [3.63, 3.8) is 0 Å². The van der Waals surface area contributed by atoms with Gasteiger partial charge >= 0.3 is 0 Å². The lowest BCUT2D eigenvalue weighted by Gasteiger charge is -2.17. The van der Waals surface area contributed by atoms with Crippen LogP contribution in [0.15, 0.2) is 6.20 Å². The van der Waals surface area contributed by atoms with Crippen molar-refractivity contribution in [1.29, 1.82) is 0 Å². The zero-order chi connectivity index (χ0) is 13.5. The van der Waals surface area contributed by atoms with Gasteiger partial charge in [0.2, 0.25) is 5.95 Å². The van der Waals surface area contributed by atoms with Crippen LogP contribution in [0.25, 0.3) is 0 Å². The molecule has 0 amide bonds. The minimum atomic E-state index is 0.274. The molecule has 2 atom stereocenters. The topological polar surface area (TPSA) is 48.3 Å². The predicted molar refractivity (Wildman–Crippen MR) is 73.1 cm³/mol. The summed E-state index contributed by atoms with van der Waals surface area (Å²) in [4.78, 5) is 4.50. The Labute approximate surface area is 109 Å². The molecule has 18 heavy (non-hydrogen) atoms. The van der Waals surface area contributed by atoms with Crippen LogP contribution in [0.5, 0.6) is 0 Å². The van der Waals surface area contributed by atoms with Gasteiger partial charge in [-0.2, -0.15) is 0 Å². The third-order valence-electron chi connectivity index (χ3n) is 2.80. The first-order valence-corrected chi connectivity index (χ1v) is 6.35. The zero-order valence-electron chi connectivity index (χ0n) is 12.1. The summed E-state index contributed by atoms with van der Waals surface area (Å²) in [5, 5.41) is 3.37. The van der Waals surface area contributed by atoms with Crippen LogP contribution >= 0.6 is 0 Å². The Morgan fingerprint density at radius 3 is 2.56 bits per heavy atom. The van der Waals surface area contributed by atoms with E-state index in [1.54, 1.807) is 14.2 Å². The molecule has 0 radical (unpaired) electrons. The Morgan fingerprint density at radius 1 is 1.28 bits per heavy atom. The van der Waals surface area contributed by atoms with Crippen molar-refractivity contribution in [2.75, 3.05) is 39.3 Å². The zero-order valence-corrected chi connectivity index (χ0v) is 12.1. The molecule has 0 spiro atoms. The van der Waals surface area contributed by atoms with Crippen molar-refractivity contribution in [1.82, 2.24) is 9.55 Å². The maximum atomic E-state index is 5.19. The fourth-order valence-electron chi connectivity index (χ4n) is 1.91. The van der Waals surface area contributed by atoms with E-state index in [-0.39, 0.29) is 6.04 Å². The van der Waals surface area contributed by atoms with Gasteiger partial charge in [0.25, 0.3) is 0 Å². The van der Waals surface area contributed by atoms with Crippen molar-refractivity contribution in [2.24, 2.45) is 5.92 Å². The first-order chi connectivity index (χ1) is 8.58. The molecule has 0 bridgehead atoms. The molecule has 0 saturated carbocycles. The highest BCUT2D eigenvalue weighted by atomic mass is 16.5. The summed E-state index contributed by atoms with van der Waals surface area (Å²) in [5.41, 5.74) is 1.01. The lowest BCUT2D eigenvalue weighted by molar-refractivity contribution is 0.161. The molecule has 5 heteroatoms. The van der Waals surface area contributed by atoms with Gasteiger partial charge in [-0.15, -0.1) is 0 Å². The smallest absolute Gasteiger partial charge is 0.203 e. The average molecular weight is 255 g/mol. The SMILES string of the molecule is COCC(C)CNc1nc(C)cn1C(C)COC. The first kappa shape index (κ1) is 15.0. The second kappa shape index (κ2) is 7.38. The van der Waals surface area contributed by atoms with Crippen molar-refractivity contribution in [3.8, 4) is 0 Å². The van der Waals surface area contributed by atoms with Crippen LogP contribution in [0.2, 0.25) is 0 Å². The second-order valence-electron chi connectivity index (χ2n) is 4.86. The van der Waals surface area contributed by atoms with E-state index < -0.39 is 0 Å². The Kier molecular flexibility index (Phi) is 6.15. The number of aryl methyl sites for hydroxylation is 1. The number of rotatable bonds is 8. The molecule has 104 valence electrons. The molecule has 0 aliphatic carbocycles. The third kappa shape index (κ3) is 4.31. The highest BCUT2D eigenvalue weighted by molar-refractivity contribution is 5.29. The molecular weight excluding hydrogens is 230 g/mol. The lowest BCUT2D eigenvalue weighted by atomic mass is 10.2. The van der Waals surface area contributed by atoms with Gasteiger partial charge < -0.3 is 19.4 Å². The number of nitrogens with zero attached hydrogens (tertiary/aromatic N) is 2. The van der Waals surface area contributed by atoms with Gasteiger partial charge in [0, 0.05) is 27.0 Å². The van der Waals surface area contributed by atoms with Gasteiger partial charge in [-0.25, -0.2) is 4.98 Å². The number of hydrogen-bond acceptors (Lipinski definition) is 4. The van der Waals surface area contributed by atoms with E-state index in [9.17, 15) is 0 Å². The lowest BCUT2D eigenvalue weighted by Crippen LogP contribution is -2.20. The van der Waals surface area contributed by atoms with Crippen molar-refractivity contribution < 1.29 is 9.47 Å². The monoisotopic (exact) mass is 255 g/mol. The molecule has 1 heterocycles. The van der Waals surface area contributed by atoms with Gasteiger partial charge in [0.15, 0.2) is 0 Å². The van der Waals surface area contributed by atoms with Crippen LogP contribution in [0, 0.1) is 12.8 Å². The Bertz CT molecular complexity index is 352. The molecule has 0 fully saturated rings. The summed E-state index contributed by atoms with van der Waals surface area (Å²) >= 11 is 0. The van der Waals surface area contributed by atoms with Crippen LogP contribution in [-0.2, 0) is 9.47 Å². The minimum Gasteiger partial charge on any atom is -0.384 e. The average Bonchev–Trinajstić information content (AvgIpc) is 2.69.